The van der Waals surface area contributed by atoms with Gasteiger partial charge in [0.15, 0.2) is 0 Å². The Morgan fingerprint density at radius 1 is 1.29 bits per heavy atom. The Kier molecular flexibility index (Phi) is 4.38. The number of hydrogen-bond donors (Lipinski definition) is 1. The first-order valence-electron chi connectivity index (χ1n) is 7.16. The van der Waals surface area contributed by atoms with E-state index >= 15 is 0 Å². The summed E-state index contributed by atoms with van der Waals surface area (Å²) in [5.41, 5.74) is 7.41. The molecule has 0 aliphatic carbocycles. The van der Waals surface area contributed by atoms with Crippen molar-refractivity contribution in [1.29, 1.82) is 0 Å². The average molecular weight is 323 g/mol. The van der Waals surface area contributed by atoms with Gasteiger partial charge in [-0.3, -0.25) is 0 Å². The lowest BCUT2D eigenvalue weighted by Crippen LogP contribution is -2.39. The molecule has 1 aromatic heterocycles. The van der Waals surface area contributed by atoms with E-state index in [-0.39, 0.29) is 12.1 Å². The number of halogens is 1. The van der Waals surface area contributed by atoms with Crippen molar-refractivity contribution in [1.82, 2.24) is 0 Å². The molecule has 0 radical (unpaired) electrons. The SMILES string of the molecule is CC(N)C(c1ccc(Cl)s1)N1CCCOc2ccccc21. The third kappa shape index (κ3) is 3.03. The van der Waals surface area contributed by atoms with Gasteiger partial charge in [-0.05, 0) is 37.6 Å². The fourth-order valence-corrected chi connectivity index (χ4v) is 4.12. The van der Waals surface area contributed by atoms with Crippen LogP contribution < -0.4 is 15.4 Å². The number of nitrogens with zero attached hydrogens (tertiary/aromatic N) is 1. The van der Waals surface area contributed by atoms with E-state index in [1.807, 2.05) is 31.2 Å². The smallest absolute Gasteiger partial charge is 0.142 e. The van der Waals surface area contributed by atoms with E-state index in [4.69, 9.17) is 22.1 Å². The zero-order chi connectivity index (χ0) is 14.8. The van der Waals surface area contributed by atoms with Crippen LogP contribution in [0.25, 0.3) is 0 Å². The van der Waals surface area contributed by atoms with Crippen molar-refractivity contribution in [3.8, 4) is 5.75 Å². The summed E-state index contributed by atoms with van der Waals surface area (Å²) in [6, 6.07) is 12.3. The molecule has 0 bridgehead atoms. The van der Waals surface area contributed by atoms with Gasteiger partial charge in [0.1, 0.15) is 5.75 Å². The van der Waals surface area contributed by atoms with E-state index in [2.05, 4.69) is 17.0 Å². The van der Waals surface area contributed by atoms with E-state index in [0.717, 1.165) is 35.3 Å². The molecule has 21 heavy (non-hydrogen) atoms. The largest absolute Gasteiger partial charge is 0.491 e. The summed E-state index contributed by atoms with van der Waals surface area (Å²) < 4.78 is 6.65. The number of fused-ring (bicyclic) bond motifs is 1. The van der Waals surface area contributed by atoms with Crippen molar-refractivity contribution in [2.24, 2.45) is 5.73 Å². The normalized spacial score (nSPS) is 17.6. The maximum atomic E-state index is 6.30. The molecule has 5 heteroatoms. The van der Waals surface area contributed by atoms with Gasteiger partial charge in [-0.1, -0.05) is 23.7 Å². The second kappa shape index (κ2) is 6.26. The molecule has 0 spiro atoms. The second-order valence-electron chi connectivity index (χ2n) is 5.31. The molecule has 0 saturated heterocycles. The van der Waals surface area contributed by atoms with Crippen LogP contribution in [0.3, 0.4) is 0 Å². The van der Waals surface area contributed by atoms with Crippen LogP contribution in [0.5, 0.6) is 5.75 Å². The van der Waals surface area contributed by atoms with Gasteiger partial charge in [-0.2, -0.15) is 0 Å². The first kappa shape index (κ1) is 14.7. The summed E-state index contributed by atoms with van der Waals surface area (Å²) in [5, 5.41) is 0. The molecule has 2 atom stereocenters. The lowest BCUT2D eigenvalue weighted by molar-refractivity contribution is 0.322. The molecule has 0 saturated carbocycles. The van der Waals surface area contributed by atoms with Gasteiger partial charge >= 0.3 is 0 Å². The van der Waals surface area contributed by atoms with Gasteiger partial charge in [0.25, 0.3) is 0 Å². The maximum Gasteiger partial charge on any atom is 0.142 e. The molecular weight excluding hydrogens is 304 g/mol. The molecule has 112 valence electrons. The number of thiophene rings is 1. The number of hydrogen-bond acceptors (Lipinski definition) is 4. The Morgan fingerprint density at radius 3 is 2.81 bits per heavy atom. The third-order valence-electron chi connectivity index (χ3n) is 3.69. The first-order chi connectivity index (χ1) is 10.2. The molecule has 0 fully saturated rings. The van der Waals surface area contributed by atoms with Gasteiger partial charge in [0.2, 0.25) is 0 Å². The van der Waals surface area contributed by atoms with Crippen molar-refractivity contribution >= 4 is 28.6 Å². The average Bonchev–Trinajstić information content (AvgIpc) is 2.77. The van der Waals surface area contributed by atoms with E-state index in [1.54, 1.807) is 11.3 Å². The van der Waals surface area contributed by atoms with Crippen molar-refractivity contribution < 1.29 is 4.74 Å². The zero-order valence-corrected chi connectivity index (χ0v) is 13.5. The maximum absolute atomic E-state index is 6.30. The Bertz CT molecular complexity index is 614. The van der Waals surface area contributed by atoms with Crippen LogP contribution in [-0.2, 0) is 0 Å². The van der Waals surface area contributed by atoms with Gasteiger partial charge in [-0.15, -0.1) is 11.3 Å². The highest BCUT2D eigenvalue weighted by Crippen LogP contribution is 2.39. The minimum atomic E-state index is 0.00544. The fraction of sp³-hybridized carbons (Fsp3) is 0.375. The molecule has 2 N–H and O–H groups in total. The van der Waals surface area contributed by atoms with Crippen LogP contribution in [0.4, 0.5) is 5.69 Å². The standard InChI is InChI=1S/C16H19ClN2OS/c1-11(18)16(14-7-8-15(17)21-14)19-9-4-10-20-13-6-3-2-5-12(13)19/h2-3,5-8,11,16H,4,9-10,18H2,1H3. The summed E-state index contributed by atoms with van der Waals surface area (Å²) >= 11 is 7.72. The molecule has 1 aliphatic rings. The summed E-state index contributed by atoms with van der Waals surface area (Å²) in [5.74, 6) is 0.934. The Hall–Kier alpha value is -1.23. The van der Waals surface area contributed by atoms with Crippen molar-refractivity contribution in [3.63, 3.8) is 0 Å². The number of rotatable bonds is 3. The Balaban J connectivity index is 2.03. The van der Waals surface area contributed by atoms with Gasteiger partial charge in [-0.25, -0.2) is 0 Å². The topological polar surface area (TPSA) is 38.5 Å². The number of para-hydroxylation sites is 2. The van der Waals surface area contributed by atoms with Crippen LogP contribution in [0.2, 0.25) is 4.34 Å². The molecule has 3 rings (SSSR count). The zero-order valence-electron chi connectivity index (χ0n) is 12.0. The van der Waals surface area contributed by atoms with E-state index in [9.17, 15) is 0 Å². The van der Waals surface area contributed by atoms with Crippen molar-refractivity contribution in [2.75, 3.05) is 18.1 Å². The molecular formula is C16H19ClN2OS. The van der Waals surface area contributed by atoms with Crippen molar-refractivity contribution in [3.05, 3.63) is 45.6 Å². The minimum absolute atomic E-state index is 0.00544. The quantitative estimate of drug-likeness (QED) is 0.925. The first-order valence-corrected chi connectivity index (χ1v) is 8.35. The minimum Gasteiger partial charge on any atom is -0.491 e. The van der Waals surface area contributed by atoms with Crippen LogP contribution >= 0.6 is 22.9 Å². The molecule has 2 aromatic rings. The number of nitrogens with two attached hydrogens (primary N) is 1. The molecule has 3 nitrogen and oxygen atoms in total. The van der Waals surface area contributed by atoms with Gasteiger partial charge in [0.05, 0.1) is 22.7 Å². The molecule has 1 aliphatic heterocycles. The van der Waals surface area contributed by atoms with Crippen molar-refractivity contribution in [2.45, 2.75) is 25.4 Å². The second-order valence-corrected chi connectivity index (χ2v) is 7.06. The highest BCUT2D eigenvalue weighted by atomic mass is 35.5. The van der Waals surface area contributed by atoms with Crippen LogP contribution in [0, 0.1) is 0 Å². The molecule has 2 unspecified atom stereocenters. The summed E-state index contributed by atoms with van der Waals surface area (Å²) in [6.07, 6.45) is 0.983. The van der Waals surface area contributed by atoms with E-state index in [1.165, 1.54) is 4.88 Å². The van der Waals surface area contributed by atoms with Gasteiger partial charge < -0.3 is 15.4 Å². The fourth-order valence-electron chi connectivity index (χ4n) is 2.83. The van der Waals surface area contributed by atoms with Crippen LogP contribution in [-0.4, -0.2) is 19.2 Å². The van der Waals surface area contributed by atoms with Gasteiger partial charge in [0, 0.05) is 17.5 Å². The third-order valence-corrected chi connectivity index (χ3v) is 5.00. The van der Waals surface area contributed by atoms with E-state index in [0.29, 0.717) is 0 Å². The molecule has 1 aromatic carbocycles. The predicted molar refractivity (Wildman–Crippen MR) is 89.6 cm³/mol. The molecule has 2 heterocycles. The van der Waals surface area contributed by atoms with E-state index < -0.39 is 0 Å². The lowest BCUT2D eigenvalue weighted by atomic mass is 10.1. The molecule has 0 amide bonds. The number of anilines is 1. The van der Waals surface area contributed by atoms with Crippen LogP contribution in [0.15, 0.2) is 36.4 Å². The summed E-state index contributed by atoms with van der Waals surface area (Å²) in [7, 11) is 0. The predicted octanol–water partition coefficient (Wildman–Crippen LogP) is 4.08. The lowest BCUT2D eigenvalue weighted by Gasteiger charge is -2.35. The Labute approximate surface area is 134 Å². The summed E-state index contributed by atoms with van der Waals surface area (Å²) in [4.78, 5) is 3.56. The van der Waals surface area contributed by atoms with Crippen LogP contribution in [0.1, 0.15) is 24.3 Å². The number of ether oxygens (including phenoxy) is 1. The highest BCUT2D eigenvalue weighted by molar-refractivity contribution is 7.16. The number of benzene rings is 1. The monoisotopic (exact) mass is 322 g/mol. The summed E-state index contributed by atoms with van der Waals surface area (Å²) in [6.45, 7) is 3.72. The Morgan fingerprint density at radius 2 is 2.10 bits per heavy atom. The highest BCUT2D eigenvalue weighted by Gasteiger charge is 2.28.